The molecule has 1 aliphatic rings. The molecule has 2 rings (SSSR count). The molecule has 0 aromatic heterocycles. The van der Waals surface area contributed by atoms with Gasteiger partial charge < -0.3 is 30.3 Å². The Kier molecular flexibility index (Phi) is 6.03. The van der Waals surface area contributed by atoms with Crippen LogP contribution in [0.5, 0.6) is 0 Å². The van der Waals surface area contributed by atoms with E-state index in [4.69, 9.17) is 0 Å². The number of carbonyl (C=O) groups excluding carboxylic acids is 2. The van der Waals surface area contributed by atoms with Crippen LogP contribution in [-0.4, -0.2) is 51.3 Å². The molecule has 1 aromatic carbocycles. The zero-order valence-corrected chi connectivity index (χ0v) is 14.5. The van der Waals surface area contributed by atoms with Crippen LogP contribution in [0, 0.1) is 5.92 Å². The van der Waals surface area contributed by atoms with Crippen molar-refractivity contribution in [1.82, 2.24) is 5.32 Å². The fourth-order valence-electron chi connectivity index (χ4n) is 2.71. The summed E-state index contributed by atoms with van der Waals surface area (Å²) in [6, 6.07) is 6.02. The SMILES string of the molecule is CC(C)[C@H](NC(=O)Nc1ccc(N2CC[NH+](C)CC2)cc1)C(=O)[O-]. The first-order chi connectivity index (χ1) is 11.4. The number of benzene rings is 1. The smallest absolute Gasteiger partial charge is 0.319 e. The molecular formula is C17H26N4O3. The highest BCUT2D eigenvalue weighted by Crippen LogP contribution is 2.18. The lowest BCUT2D eigenvalue weighted by atomic mass is 10.1. The molecule has 0 saturated carbocycles. The van der Waals surface area contributed by atoms with Crippen LogP contribution in [0.1, 0.15) is 13.8 Å². The number of carboxylic acid groups (broad SMARTS) is 1. The Balaban J connectivity index is 1.91. The largest absolute Gasteiger partial charge is 0.548 e. The number of anilines is 2. The lowest BCUT2D eigenvalue weighted by Gasteiger charge is -2.31. The Morgan fingerprint density at radius 3 is 2.25 bits per heavy atom. The number of rotatable bonds is 5. The Morgan fingerprint density at radius 1 is 1.17 bits per heavy atom. The average Bonchev–Trinajstić information content (AvgIpc) is 2.53. The van der Waals surface area contributed by atoms with Crippen LogP contribution in [0.3, 0.4) is 0 Å². The van der Waals surface area contributed by atoms with E-state index in [1.54, 1.807) is 13.8 Å². The van der Waals surface area contributed by atoms with Gasteiger partial charge in [0.15, 0.2) is 0 Å². The van der Waals surface area contributed by atoms with Crippen LogP contribution in [-0.2, 0) is 4.79 Å². The molecule has 24 heavy (non-hydrogen) atoms. The highest BCUT2D eigenvalue weighted by Gasteiger charge is 2.18. The van der Waals surface area contributed by atoms with Gasteiger partial charge in [-0.2, -0.15) is 0 Å². The maximum absolute atomic E-state index is 11.9. The van der Waals surface area contributed by atoms with Gasteiger partial charge in [-0.1, -0.05) is 13.8 Å². The topological polar surface area (TPSA) is 88.9 Å². The van der Waals surface area contributed by atoms with Crippen LogP contribution in [0.4, 0.5) is 16.2 Å². The Labute approximate surface area is 142 Å². The number of carbonyl (C=O) groups is 2. The van der Waals surface area contributed by atoms with Gasteiger partial charge in [-0.3, -0.25) is 0 Å². The van der Waals surface area contributed by atoms with Crippen molar-refractivity contribution in [2.75, 3.05) is 43.4 Å². The number of nitrogens with one attached hydrogen (secondary N) is 3. The number of urea groups is 1. The summed E-state index contributed by atoms with van der Waals surface area (Å²) >= 11 is 0. The predicted octanol–water partition coefficient (Wildman–Crippen LogP) is -1.08. The number of hydrogen-bond acceptors (Lipinski definition) is 4. The normalized spacial score (nSPS) is 16.8. The van der Waals surface area contributed by atoms with Gasteiger partial charge in [0.25, 0.3) is 0 Å². The molecule has 7 heteroatoms. The Hall–Kier alpha value is -2.28. The lowest BCUT2D eigenvalue weighted by Crippen LogP contribution is -3.12. The first-order valence-electron chi connectivity index (χ1n) is 8.31. The quantitative estimate of drug-likeness (QED) is 0.639. The summed E-state index contributed by atoms with van der Waals surface area (Å²) in [5.41, 5.74) is 1.75. The molecule has 0 spiro atoms. The molecule has 1 fully saturated rings. The number of hydrogen-bond donors (Lipinski definition) is 3. The van der Waals surface area contributed by atoms with Crippen molar-refractivity contribution in [2.24, 2.45) is 5.92 Å². The van der Waals surface area contributed by atoms with Crippen molar-refractivity contribution in [1.29, 1.82) is 0 Å². The third kappa shape index (κ3) is 4.86. The average molecular weight is 334 g/mol. The fraction of sp³-hybridized carbons (Fsp3) is 0.529. The van der Waals surface area contributed by atoms with Crippen LogP contribution >= 0.6 is 0 Å². The van der Waals surface area contributed by atoms with Crippen LogP contribution in [0.2, 0.25) is 0 Å². The molecule has 3 N–H and O–H groups in total. The maximum atomic E-state index is 11.9. The minimum atomic E-state index is -1.28. The standard InChI is InChI=1S/C17H26N4O3/c1-12(2)15(16(22)23)19-17(24)18-13-4-6-14(7-5-13)21-10-8-20(3)9-11-21/h4-7,12,15H,8-11H2,1-3H3,(H,22,23)(H2,18,19,24)/t15-/m0/s1. The molecule has 1 atom stereocenters. The van der Waals surface area contributed by atoms with Gasteiger partial charge in [0.05, 0.1) is 45.2 Å². The number of carboxylic acids is 1. The van der Waals surface area contributed by atoms with E-state index in [0.29, 0.717) is 5.69 Å². The highest BCUT2D eigenvalue weighted by molar-refractivity contribution is 5.92. The van der Waals surface area contributed by atoms with Crippen molar-refractivity contribution in [3.63, 3.8) is 0 Å². The second-order valence-electron chi connectivity index (χ2n) is 6.63. The number of likely N-dealkylation sites (N-methyl/N-ethyl adjacent to an activating group) is 1. The first kappa shape index (κ1) is 18.1. The van der Waals surface area contributed by atoms with Crippen molar-refractivity contribution >= 4 is 23.4 Å². The molecule has 1 heterocycles. The van der Waals surface area contributed by atoms with Crippen LogP contribution < -0.4 is 25.5 Å². The molecule has 7 nitrogen and oxygen atoms in total. The molecule has 2 amide bonds. The lowest BCUT2D eigenvalue weighted by molar-refractivity contribution is -0.880. The van der Waals surface area contributed by atoms with Gasteiger partial charge in [-0.25, -0.2) is 4.79 Å². The van der Waals surface area contributed by atoms with E-state index >= 15 is 0 Å². The molecule has 0 unspecified atom stereocenters. The number of amides is 2. The molecule has 0 aliphatic carbocycles. The second-order valence-corrected chi connectivity index (χ2v) is 6.63. The van der Waals surface area contributed by atoms with E-state index in [1.165, 1.54) is 4.90 Å². The van der Waals surface area contributed by atoms with E-state index in [9.17, 15) is 14.7 Å². The van der Waals surface area contributed by atoms with Crippen molar-refractivity contribution in [3.05, 3.63) is 24.3 Å². The molecular weight excluding hydrogens is 308 g/mol. The van der Waals surface area contributed by atoms with Gasteiger partial charge >= 0.3 is 6.03 Å². The number of aliphatic carboxylic acids is 1. The van der Waals surface area contributed by atoms with E-state index in [-0.39, 0.29) is 5.92 Å². The van der Waals surface area contributed by atoms with Gasteiger partial charge in [-0.15, -0.1) is 0 Å². The molecule has 132 valence electrons. The maximum Gasteiger partial charge on any atom is 0.319 e. The Morgan fingerprint density at radius 2 is 1.75 bits per heavy atom. The summed E-state index contributed by atoms with van der Waals surface area (Å²) in [5, 5.41) is 16.1. The number of piperazine rings is 1. The summed E-state index contributed by atoms with van der Waals surface area (Å²) in [6.07, 6.45) is 0. The highest BCUT2D eigenvalue weighted by atomic mass is 16.4. The summed E-state index contributed by atoms with van der Waals surface area (Å²) in [4.78, 5) is 26.8. The number of nitrogens with zero attached hydrogens (tertiary/aromatic N) is 1. The van der Waals surface area contributed by atoms with Gasteiger partial charge in [0, 0.05) is 11.4 Å². The zero-order chi connectivity index (χ0) is 17.7. The molecule has 0 radical (unpaired) electrons. The van der Waals surface area contributed by atoms with E-state index in [1.807, 2.05) is 24.3 Å². The molecule has 1 aliphatic heterocycles. The van der Waals surface area contributed by atoms with Gasteiger partial charge in [-0.05, 0) is 30.2 Å². The van der Waals surface area contributed by atoms with Crippen molar-refractivity contribution < 1.29 is 19.6 Å². The van der Waals surface area contributed by atoms with Gasteiger partial charge in [0.1, 0.15) is 0 Å². The van der Waals surface area contributed by atoms with Crippen molar-refractivity contribution in [3.8, 4) is 0 Å². The van der Waals surface area contributed by atoms with Gasteiger partial charge in [0.2, 0.25) is 0 Å². The fourth-order valence-corrected chi connectivity index (χ4v) is 2.71. The molecule has 1 saturated heterocycles. The van der Waals surface area contributed by atoms with Crippen LogP contribution in [0.25, 0.3) is 0 Å². The van der Waals surface area contributed by atoms with E-state index in [0.717, 1.165) is 31.9 Å². The summed E-state index contributed by atoms with van der Waals surface area (Å²) in [6.45, 7) is 7.69. The van der Waals surface area contributed by atoms with Crippen LogP contribution in [0.15, 0.2) is 24.3 Å². The summed E-state index contributed by atoms with van der Waals surface area (Å²) < 4.78 is 0. The molecule has 1 aromatic rings. The minimum absolute atomic E-state index is 0.248. The summed E-state index contributed by atoms with van der Waals surface area (Å²) in [5.74, 6) is -1.53. The zero-order valence-electron chi connectivity index (χ0n) is 14.5. The first-order valence-corrected chi connectivity index (χ1v) is 8.31. The number of quaternary nitrogens is 1. The van der Waals surface area contributed by atoms with E-state index in [2.05, 4.69) is 22.6 Å². The Bertz CT molecular complexity index is 566. The molecule has 0 bridgehead atoms. The van der Waals surface area contributed by atoms with E-state index < -0.39 is 18.0 Å². The predicted molar refractivity (Wildman–Crippen MR) is 91.1 cm³/mol. The minimum Gasteiger partial charge on any atom is -0.548 e. The third-order valence-corrected chi connectivity index (χ3v) is 4.31. The third-order valence-electron chi connectivity index (χ3n) is 4.31. The second kappa shape index (κ2) is 8.01. The summed E-state index contributed by atoms with van der Waals surface area (Å²) in [7, 11) is 2.19. The monoisotopic (exact) mass is 334 g/mol. The van der Waals surface area contributed by atoms with Crippen molar-refractivity contribution in [2.45, 2.75) is 19.9 Å².